The smallest absolute Gasteiger partial charge is 0.333 e. The van der Waals surface area contributed by atoms with Crippen LogP contribution in [0, 0.1) is 0 Å². The maximum absolute atomic E-state index is 6.78. The van der Waals surface area contributed by atoms with Gasteiger partial charge in [0.05, 0.1) is 16.4 Å². The summed E-state index contributed by atoms with van der Waals surface area (Å²) in [6.45, 7) is 13.7. The third-order valence-corrected chi connectivity index (χ3v) is 12.5. The molecule has 264 valence electrons. The number of fused-ring (bicyclic) bond motifs is 15. The molecule has 3 aromatic heterocycles. The van der Waals surface area contributed by atoms with E-state index >= 15 is 0 Å². The van der Waals surface area contributed by atoms with Crippen molar-refractivity contribution in [3.05, 3.63) is 139 Å². The Morgan fingerprint density at radius 2 is 1.18 bits per heavy atom. The molecule has 0 fully saturated rings. The molecular weight excluding hydrogens is 671 g/mol. The highest BCUT2D eigenvalue weighted by Crippen LogP contribution is 2.48. The molecule has 0 N–H and O–H groups in total. The SMILES string of the molecule is CC(C)(C)c1ccc(N2B3c4cc5c(cc4-n4c6ccc7c8ccccc8oc7c6c6ccc(c3c64)-c3cc(C(C)(C)C)ccc32)oc2ccccc25)cc1. The number of benzene rings is 7. The first-order valence-electron chi connectivity index (χ1n) is 19.5. The van der Waals surface area contributed by atoms with Crippen molar-refractivity contribution in [1.29, 1.82) is 0 Å². The quantitative estimate of drug-likeness (QED) is 0.159. The van der Waals surface area contributed by atoms with Gasteiger partial charge in [0.1, 0.15) is 22.3 Å². The molecule has 4 nitrogen and oxygen atoms in total. The highest BCUT2D eigenvalue weighted by atomic mass is 16.3. The summed E-state index contributed by atoms with van der Waals surface area (Å²) in [6.07, 6.45) is 0. The average molecular weight is 711 g/mol. The zero-order valence-corrected chi connectivity index (χ0v) is 31.9. The summed E-state index contributed by atoms with van der Waals surface area (Å²) in [6, 6.07) is 47.3. The Bertz CT molecular complexity index is 3290. The molecule has 0 spiro atoms. The van der Waals surface area contributed by atoms with Gasteiger partial charge in [-0.1, -0.05) is 114 Å². The first-order chi connectivity index (χ1) is 26.5. The van der Waals surface area contributed by atoms with Gasteiger partial charge in [-0.3, -0.25) is 0 Å². The maximum atomic E-state index is 6.78. The number of furan rings is 2. The Morgan fingerprint density at radius 3 is 1.93 bits per heavy atom. The Hall–Kier alpha value is -6.20. The fourth-order valence-corrected chi connectivity index (χ4v) is 9.75. The van der Waals surface area contributed by atoms with Crippen LogP contribution in [-0.4, -0.2) is 11.4 Å². The van der Waals surface area contributed by atoms with Crippen LogP contribution in [0.25, 0.3) is 82.5 Å². The Kier molecular flexibility index (Phi) is 5.84. The van der Waals surface area contributed by atoms with Gasteiger partial charge in [0, 0.05) is 55.6 Å². The highest BCUT2D eigenvalue weighted by molar-refractivity contribution is 6.94. The predicted molar refractivity (Wildman–Crippen MR) is 232 cm³/mol. The third-order valence-electron chi connectivity index (χ3n) is 12.5. The van der Waals surface area contributed by atoms with Crippen LogP contribution in [0.3, 0.4) is 0 Å². The molecular formula is C50H39BN2O2. The molecule has 5 heteroatoms. The van der Waals surface area contributed by atoms with Crippen LogP contribution in [-0.2, 0) is 10.8 Å². The van der Waals surface area contributed by atoms with Gasteiger partial charge in [0.2, 0.25) is 0 Å². The van der Waals surface area contributed by atoms with Crippen molar-refractivity contribution >= 4 is 94.8 Å². The molecule has 7 aromatic carbocycles. The zero-order chi connectivity index (χ0) is 37.1. The number of aromatic nitrogens is 1. The van der Waals surface area contributed by atoms with Gasteiger partial charge in [0.15, 0.2) is 0 Å². The van der Waals surface area contributed by atoms with E-state index in [-0.39, 0.29) is 17.7 Å². The standard InChI is InChI=1S/C50H39BN2O2/c1-49(2,3)28-15-18-30(19-16-28)53-39-23-17-29(50(4,5)6)25-36(39)33-20-21-35-45-40(24-22-34-31-11-7-10-14-43(31)55-48(34)45)52-41-27-44-37(32-12-8-9-13-42(32)54-44)26-38(41)51(53)46(33)47(35)52/h7-27H,1-6H3. The minimum atomic E-state index is -0.0942. The van der Waals surface area contributed by atoms with Crippen LogP contribution < -0.4 is 15.7 Å². The van der Waals surface area contributed by atoms with E-state index in [0.717, 1.165) is 60.5 Å². The Balaban J connectivity index is 1.27. The molecule has 55 heavy (non-hydrogen) atoms. The topological polar surface area (TPSA) is 34.5 Å². The molecule has 12 rings (SSSR count). The molecule has 0 unspecified atom stereocenters. The fraction of sp³-hybridized carbons (Fsp3) is 0.160. The van der Waals surface area contributed by atoms with Crippen molar-refractivity contribution in [3.8, 4) is 16.8 Å². The molecule has 2 aliphatic heterocycles. The third kappa shape index (κ3) is 4.08. The molecule has 5 heterocycles. The normalized spacial score (nSPS) is 13.9. The van der Waals surface area contributed by atoms with E-state index in [2.05, 4.69) is 178 Å². The first kappa shape index (κ1) is 31.2. The summed E-state index contributed by atoms with van der Waals surface area (Å²) in [7, 11) is 0. The summed E-state index contributed by atoms with van der Waals surface area (Å²) in [5.74, 6) is 0. The van der Waals surface area contributed by atoms with Crippen LogP contribution in [0.15, 0.2) is 136 Å². The first-order valence-corrected chi connectivity index (χ1v) is 19.5. The van der Waals surface area contributed by atoms with Gasteiger partial charge in [-0.05, 0) is 87.0 Å². The molecule has 0 amide bonds. The lowest BCUT2D eigenvalue weighted by Gasteiger charge is -2.42. The molecule has 0 radical (unpaired) electrons. The van der Waals surface area contributed by atoms with Crippen molar-refractivity contribution in [1.82, 2.24) is 4.57 Å². The van der Waals surface area contributed by atoms with E-state index in [4.69, 9.17) is 8.83 Å². The van der Waals surface area contributed by atoms with Crippen molar-refractivity contribution < 1.29 is 8.83 Å². The van der Waals surface area contributed by atoms with Gasteiger partial charge >= 0.3 is 6.85 Å². The summed E-state index contributed by atoms with van der Waals surface area (Å²) in [4.78, 5) is 2.61. The lowest BCUT2D eigenvalue weighted by Crippen LogP contribution is -2.60. The number of rotatable bonds is 1. The number of hydrogen-bond donors (Lipinski definition) is 0. The summed E-state index contributed by atoms with van der Waals surface area (Å²) in [5.41, 5.74) is 17.4. The number of nitrogens with zero attached hydrogens (tertiary/aromatic N) is 2. The summed E-state index contributed by atoms with van der Waals surface area (Å²) in [5, 5.41) is 6.92. The number of anilines is 2. The van der Waals surface area contributed by atoms with Gasteiger partial charge in [-0.15, -0.1) is 0 Å². The Labute approximate surface area is 319 Å². The van der Waals surface area contributed by atoms with Crippen LogP contribution >= 0.6 is 0 Å². The fourth-order valence-electron chi connectivity index (χ4n) is 9.75. The molecule has 10 aromatic rings. The molecule has 2 aliphatic rings. The van der Waals surface area contributed by atoms with E-state index in [1.54, 1.807) is 0 Å². The predicted octanol–water partition coefficient (Wildman–Crippen LogP) is 12.4. The van der Waals surface area contributed by atoms with Gasteiger partial charge in [-0.25, -0.2) is 0 Å². The van der Waals surface area contributed by atoms with Crippen molar-refractivity contribution in [2.75, 3.05) is 4.81 Å². The summed E-state index contributed by atoms with van der Waals surface area (Å²) < 4.78 is 15.9. The average Bonchev–Trinajstić information content (AvgIpc) is 3.85. The van der Waals surface area contributed by atoms with Crippen LogP contribution in [0.1, 0.15) is 52.7 Å². The van der Waals surface area contributed by atoms with Crippen molar-refractivity contribution in [3.63, 3.8) is 0 Å². The lowest BCUT2D eigenvalue weighted by molar-refractivity contribution is 0.590. The molecule has 0 atom stereocenters. The lowest BCUT2D eigenvalue weighted by atomic mass is 9.44. The summed E-state index contributed by atoms with van der Waals surface area (Å²) >= 11 is 0. The van der Waals surface area contributed by atoms with Crippen LogP contribution in [0.4, 0.5) is 11.4 Å². The largest absolute Gasteiger partial charge is 0.456 e. The van der Waals surface area contributed by atoms with Crippen LogP contribution in [0.5, 0.6) is 0 Å². The minimum absolute atomic E-state index is 0.00522. The second-order valence-electron chi connectivity index (χ2n) is 17.7. The van der Waals surface area contributed by atoms with Gasteiger partial charge < -0.3 is 18.2 Å². The van der Waals surface area contributed by atoms with E-state index < -0.39 is 0 Å². The Morgan fingerprint density at radius 1 is 0.509 bits per heavy atom. The zero-order valence-electron chi connectivity index (χ0n) is 31.9. The van der Waals surface area contributed by atoms with E-state index in [1.165, 1.54) is 55.5 Å². The van der Waals surface area contributed by atoms with Crippen molar-refractivity contribution in [2.24, 2.45) is 0 Å². The molecule has 0 saturated carbocycles. The van der Waals surface area contributed by atoms with E-state index in [0.29, 0.717) is 0 Å². The van der Waals surface area contributed by atoms with E-state index in [9.17, 15) is 0 Å². The molecule has 0 saturated heterocycles. The number of para-hydroxylation sites is 2. The van der Waals surface area contributed by atoms with E-state index in [1.807, 2.05) is 0 Å². The maximum Gasteiger partial charge on any atom is 0.333 e. The van der Waals surface area contributed by atoms with Gasteiger partial charge in [0.25, 0.3) is 0 Å². The molecule has 0 bridgehead atoms. The second-order valence-corrected chi connectivity index (χ2v) is 17.7. The second kappa shape index (κ2) is 10.3. The monoisotopic (exact) mass is 710 g/mol. The van der Waals surface area contributed by atoms with Crippen molar-refractivity contribution in [2.45, 2.75) is 52.4 Å². The number of hydrogen-bond acceptors (Lipinski definition) is 3. The van der Waals surface area contributed by atoms with Crippen LogP contribution in [0.2, 0.25) is 0 Å². The molecule has 0 aliphatic carbocycles. The minimum Gasteiger partial charge on any atom is -0.456 e. The highest BCUT2D eigenvalue weighted by Gasteiger charge is 2.45. The van der Waals surface area contributed by atoms with Gasteiger partial charge in [-0.2, -0.15) is 0 Å².